The van der Waals surface area contributed by atoms with E-state index in [0.717, 1.165) is 17.8 Å². The van der Waals surface area contributed by atoms with Crippen LogP contribution in [0.5, 0.6) is 0 Å². The third-order valence-corrected chi connectivity index (χ3v) is 4.22. The molecule has 2 aromatic rings. The minimum absolute atomic E-state index is 0.0951. The number of benzene rings is 1. The van der Waals surface area contributed by atoms with Crippen molar-refractivity contribution in [3.63, 3.8) is 0 Å². The predicted molar refractivity (Wildman–Crippen MR) is 78.2 cm³/mol. The number of anilines is 1. The molecule has 1 aromatic heterocycles. The van der Waals surface area contributed by atoms with E-state index in [2.05, 4.69) is 9.71 Å². The van der Waals surface area contributed by atoms with E-state index >= 15 is 0 Å². The highest BCUT2D eigenvalue weighted by Crippen LogP contribution is 2.25. The van der Waals surface area contributed by atoms with E-state index in [-0.39, 0.29) is 21.3 Å². The average molecular weight is 327 g/mol. The molecule has 0 spiro atoms. The first-order chi connectivity index (χ1) is 9.79. The lowest BCUT2D eigenvalue weighted by Gasteiger charge is -2.09. The summed E-state index contributed by atoms with van der Waals surface area (Å²) in [5.41, 5.74) is 1.03. The Bertz CT molecular complexity index is 788. The van der Waals surface area contributed by atoms with E-state index in [1.807, 2.05) is 6.92 Å². The molecule has 8 heteroatoms. The van der Waals surface area contributed by atoms with Crippen LogP contribution in [0.2, 0.25) is 5.02 Å². The quantitative estimate of drug-likeness (QED) is 0.900. The Morgan fingerprint density at radius 1 is 1.29 bits per heavy atom. The minimum Gasteiger partial charge on any atom is -0.478 e. The van der Waals surface area contributed by atoms with Crippen LogP contribution in [-0.4, -0.2) is 24.5 Å². The third-order valence-electron chi connectivity index (χ3n) is 2.63. The van der Waals surface area contributed by atoms with Gasteiger partial charge < -0.3 is 5.11 Å². The number of carboxylic acids is 1. The zero-order chi connectivity index (χ0) is 15.6. The first-order valence-electron chi connectivity index (χ1n) is 5.78. The molecule has 6 nitrogen and oxygen atoms in total. The highest BCUT2D eigenvalue weighted by molar-refractivity contribution is 7.92. The Morgan fingerprint density at radius 3 is 2.52 bits per heavy atom. The maximum atomic E-state index is 12.1. The highest BCUT2D eigenvalue weighted by Gasteiger charge is 2.18. The smallest absolute Gasteiger partial charge is 0.337 e. The summed E-state index contributed by atoms with van der Waals surface area (Å²) in [6, 6.07) is 7.17. The van der Waals surface area contributed by atoms with Crippen molar-refractivity contribution in [3.05, 3.63) is 52.7 Å². The molecule has 0 atom stereocenters. The number of nitrogens with one attached hydrogen (secondary N) is 1. The standard InChI is InChI=1S/C13H11ClN2O4S/c1-8-2-4-11(10(14)6-8)16-21(19,20)12-5-3-9(7-15-12)13(17)18/h2-7,16H,1H3,(H,17,18). The number of nitrogens with zero attached hydrogens (tertiary/aromatic N) is 1. The van der Waals surface area contributed by atoms with Gasteiger partial charge in [0, 0.05) is 6.20 Å². The van der Waals surface area contributed by atoms with Crippen molar-refractivity contribution >= 4 is 33.3 Å². The van der Waals surface area contributed by atoms with Gasteiger partial charge in [-0.1, -0.05) is 17.7 Å². The second-order valence-electron chi connectivity index (χ2n) is 4.28. The van der Waals surface area contributed by atoms with Gasteiger partial charge in [0.25, 0.3) is 10.0 Å². The van der Waals surface area contributed by atoms with Crippen molar-refractivity contribution in [2.75, 3.05) is 4.72 Å². The number of aromatic nitrogens is 1. The van der Waals surface area contributed by atoms with Crippen LogP contribution < -0.4 is 4.72 Å². The van der Waals surface area contributed by atoms with Crippen LogP contribution in [0.4, 0.5) is 5.69 Å². The largest absolute Gasteiger partial charge is 0.478 e. The van der Waals surface area contributed by atoms with Gasteiger partial charge in [0.15, 0.2) is 5.03 Å². The summed E-state index contributed by atoms with van der Waals surface area (Å²) in [6.45, 7) is 1.83. The summed E-state index contributed by atoms with van der Waals surface area (Å²) in [4.78, 5) is 14.3. The molecule has 2 N–H and O–H groups in total. The van der Waals surface area contributed by atoms with E-state index in [0.29, 0.717) is 0 Å². The lowest BCUT2D eigenvalue weighted by molar-refractivity contribution is 0.0696. The molecule has 0 saturated heterocycles. The van der Waals surface area contributed by atoms with Crippen molar-refractivity contribution in [2.24, 2.45) is 0 Å². The monoisotopic (exact) mass is 326 g/mol. The molecule has 1 heterocycles. The topological polar surface area (TPSA) is 96.4 Å². The summed E-state index contributed by atoms with van der Waals surface area (Å²) >= 11 is 5.96. The molecule has 0 radical (unpaired) electrons. The molecule has 0 bridgehead atoms. The van der Waals surface area contributed by atoms with Crippen LogP contribution in [0, 0.1) is 6.92 Å². The molecule has 2 rings (SSSR count). The highest BCUT2D eigenvalue weighted by atomic mass is 35.5. The van der Waals surface area contributed by atoms with Crippen LogP contribution in [-0.2, 0) is 10.0 Å². The van der Waals surface area contributed by atoms with Gasteiger partial charge in [0.05, 0.1) is 16.3 Å². The van der Waals surface area contributed by atoms with Crippen molar-refractivity contribution in [3.8, 4) is 0 Å². The van der Waals surface area contributed by atoms with Crippen LogP contribution >= 0.6 is 11.6 Å². The van der Waals surface area contributed by atoms with Crippen LogP contribution in [0.3, 0.4) is 0 Å². The van der Waals surface area contributed by atoms with Crippen molar-refractivity contribution in [2.45, 2.75) is 11.9 Å². The predicted octanol–water partition coefficient (Wildman–Crippen LogP) is 2.54. The molecule has 0 amide bonds. The molecule has 21 heavy (non-hydrogen) atoms. The van der Waals surface area contributed by atoms with Crippen LogP contribution in [0.1, 0.15) is 15.9 Å². The summed E-state index contributed by atoms with van der Waals surface area (Å²) in [6.07, 6.45) is 0.980. The second kappa shape index (κ2) is 5.71. The molecular weight excluding hydrogens is 316 g/mol. The molecule has 0 aliphatic rings. The third kappa shape index (κ3) is 3.50. The fourth-order valence-electron chi connectivity index (χ4n) is 1.57. The number of aryl methyl sites for hydroxylation is 1. The Balaban J connectivity index is 2.31. The van der Waals surface area contributed by atoms with Gasteiger partial charge in [-0.25, -0.2) is 9.78 Å². The summed E-state index contributed by atoms with van der Waals surface area (Å²) in [5.74, 6) is -1.18. The van der Waals surface area contributed by atoms with Crippen molar-refractivity contribution in [1.82, 2.24) is 4.98 Å². The number of hydrogen-bond donors (Lipinski definition) is 2. The molecule has 0 aliphatic carbocycles. The lowest BCUT2D eigenvalue weighted by Crippen LogP contribution is -2.15. The number of sulfonamides is 1. The fourth-order valence-corrected chi connectivity index (χ4v) is 2.91. The maximum absolute atomic E-state index is 12.1. The zero-order valence-electron chi connectivity index (χ0n) is 10.9. The molecule has 0 aliphatic heterocycles. The summed E-state index contributed by atoms with van der Waals surface area (Å²) < 4.78 is 26.6. The molecule has 0 fully saturated rings. The van der Waals surface area contributed by atoms with Gasteiger partial charge >= 0.3 is 5.97 Å². The van der Waals surface area contributed by atoms with E-state index in [1.165, 1.54) is 6.07 Å². The number of rotatable bonds is 4. The summed E-state index contributed by atoms with van der Waals surface area (Å²) in [5, 5.41) is 8.73. The van der Waals surface area contributed by atoms with E-state index in [1.54, 1.807) is 18.2 Å². The first-order valence-corrected chi connectivity index (χ1v) is 7.64. The fraction of sp³-hybridized carbons (Fsp3) is 0.0769. The Labute approximate surface area is 126 Å². The van der Waals surface area contributed by atoms with E-state index in [4.69, 9.17) is 16.7 Å². The van der Waals surface area contributed by atoms with Gasteiger partial charge in [0.2, 0.25) is 0 Å². The Morgan fingerprint density at radius 2 is 2.00 bits per heavy atom. The van der Waals surface area contributed by atoms with Crippen LogP contribution in [0.25, 0.3) is 0 Å². The van der Waals surface area contributed by atoms with Crippen molar-refractivity contribution < 1.29 is 18.3 Å². The van der Waals surface area contributed by atoms with Gasteiger partial charge in [-0.15, -0.1) is 0 Å². The molecule has 0 unspecified atom stereocenters. The Kier molecular flexibility index (Phi) is 4.15. The summed E-state index contributed by atoms with van der Waals surface area (Å²) in [7, 11) is -3.93. The number of carboxylic acid groups (broad SMARTS) is 1. The number of aromatic carboxylic acids is 1. The van der Waals surface area contributed by atoms with E-state index < -0.39 is 16.0 Å². The van der Waals surface area contributed by atoms with Crippen LogP contribution in [0.15, 0.2) is 41.6 Å². The van der Waals surface area contributed by atoms with E-state index in [9.17, 15) is 13.2 Å². The molecule has 0 saturated carbocycles. The zero-order valence-corrected chi connectivity index (χ0v) is 12.4. The average Bonchev–Trinajstić information content (AvgIpc) is 2.42. The minimum atomic E-state index is -3.93. The maximum Gasteiger partial charge on any atom is 0.337 e. The Hall–Kier alpha value is -2.12. The lowest BCUT2D eigenvalue weighted by atomic mass is 10.2. The van der Waals surface area contributed by atoms with Crippen molar-refractivity contribution in [1.29, 1.82) is 0 Å². The van der Waals surface area contributed by atoms with Gasteiger partial charge in [-0.3, -0.25) is 4.72 Å². The number of pyridine rings is 1. The number of halogens is 1. The number of hydrogen-bond acceptors (Lipinski definition) is 4. The molecule has 1 aromatic carbocycles. The van der Waals surface area contributed by atoms with Gasteiger partial charge in [-0.05, 0) is 36.8 Å². The number of carbonyl (C=O) groups is 1. The second-order valence-corrected chi connectivity index (χ2v) is 6.32. The normalized spacial score (nSPS) is 11.1. The van der Waals surface area contributed by atoms with Gasteiger partial charge in [-0.2, -0.15) is 8.42 Å². The first kappa shape index (κ1) is 15.3. The SMILES string of the molecule is Cc1ccc(NS(=O)(=O)c2ccc(C(=O)O)cn2)c(Cl)c1. The molecule has 110 valence electrons. The van der Waals surface area contributed by atoms with Gasteiger partial charge in [0.1, 0.15) is 0 Å². The molecular formula is C13H11ClN2O4S.